The molecule has 7 nitrogen and oxygen atoms in total. The van der Waals surface area contributed by atoms with Gasteiger partial charge in [-0.1, -0.05) is 23.4 Å². The summed E-state index contributed by atoms with van der Waals surface area (Å²) in [6.45, 7) is 1.03. The highest BCUT2D eigenvalue weighted by molar-refractivity contribution is 6.06. The topological polar surface area (TPSA) is 85.0 Å². The van der Waals surface area contributed by atoms with Crippen LogP contribution in [0.4, 0.5) is 10.5 Å². The summed E-state index contributed by atoms with van der Waals surface area (Å²) < 4.78 is 7.47. The zero-order valence-corrected chi connectivity index (χ0v) is 12.8. The third kappa shape index (κ3) is 2.79. The molecule has 2 aromatic carbocycles. The number of aromatic nitrogens is 3. The van der Waals surface area contributed by atoms with Crippen LogP contribution in [0.3, 0.4) is 0 Å². The van der Waals surface area contributed by atoms with E-state index in [1.807, 2.05) is 42.5 Å². The average molecular weight is 321 g/mol. The van der Waals surface area contributed by atoms with Crippen molar-refractivity contribution in [2.45, 2.75) is 6.54 Å². The maximum Gasteiger partial charge on any atom is 0.319 e. The average Bonchev–Trinajstić information content (AvgIpc) is 3.21. The van der Waals surface area contributed by atoms with Gasteiger partial charge in [0.1, 0.15) is 11.2 Å². The molecule has 2 aromatic heterocycles. The molecule has 0 bridgehead atoms. The first kappa shape index (κ1) is 14.3. The van der Waals surface area contributed by atoms with E-state index in [2.05, 4.69) is 20.9 Å². The zero-order valence-electron chi connectivity index (χ0n) is 12.8. The number of carbonyl (C=O) groups is 1. The fourth-order valence-electron chi connectivity index (χ4n) is 2.61. The molecule has 0 aliphatic carbocycles. The Kier molecular flexibility index (Phi) is 3.59. The van der Waals surface area contributed by atoms with Crippen LogP contribution < -0.4 is 10.6 Å². The zero-order chi connectivity index (χ0) is 16.4. The van der Waals surface area contributed by atoms with Crippen molar-refractivity contribution in [3.8, 4) is 0 Å². The molecule has 0 aliphatic rings. The fraction of sp³-hybridized carbons (Fsp3) is 0.118. The SMILES string of the molecule is O=C(NCCn1ccnn1)Nc1ccc2c(c1)oc1ccccc12. The normalized spacial score (nSPS) is 11.0. The van der Waals surface area contributed by atoms with Crippen molar-refractivity contribution in [2.24, 2.45) is 0 Å². The summed E-state index contributed by atoms with van der Waals surface area (Å²) in [5, 5.41) is 15.2. The second-order valence-electron chi connectivity index (χ2n) is 5.36. The van der Waals surface area contributed by atoms with Gasteiger partial charge in [0.25, 0.3) is 0 Å². The third-order valence-electron chi connectivity index (χ3n) is 3.74. The molecule has 0 saturated heterocycles. The van der Waals surface area contributed by atoms with Crippen molar-refractivity contribution in [3.63, 3.8) is 0 Å². The van der Waals surface area contributed by atoms with E-state index in [1.54, 1.807) is 17.1 Å². The minimum atomic E-state index is -0.273. The second-order valence-corrected chi connectivity index (χ2v) is 5.36. The highest BCUT2D eigenvalue weighted by atomic mass is 16.3. The number of anilines is 1. The lowest BCUT2D eigenvalue weighted by atomic mass is 10.1. The van der Waals surface area contributed by atoms with Crippen LogP contribution in [0.5, 0.6) is 0 Å². The number of nitrogens with one attached hydrogen (secondary N) is 2. The number of carbonyl (C=O) groups excluding carboxylic acids is 1. The van der Waals surface area contributed by atoms with E-state index >= 15 is 0 Å². The van der Waals surface area contributed by atoms with Gasteiger partial charge < -0.3 is 15.1 Å². The smallest absolute Gasteiger partial charge is 0.319 e. The van der Waals surface area contributed by atoms with E-state index in [0.717, 1.165) is 21.9 Å². The van der Waals surface area contributed by atoms with Crippen LogP contribution >= 0.6 is 0 Å². The molecule has 2 heterocycles. The number of para-hydroxylation sites is 1. The van der Waals surface area contributed by atoms with Gasteiger partial charge in [0.2, 0.25) is 0 Å². The van der Waals surface area contributed by atoms with Crippen LogP contribution in [-0.2, 0) is 6.54 Å². The molecule has 0 unspecified atom stereocenters. The molecule has 24 heavy (non-hydrogen) atoms. The summed E-state index contributed by atoms with van der Waals surface area (Å²) in [7, 11) is 0. The van der Waals surface area contributed by atoms with Crippen LogP contribution in [0.15, 0.2) is 59.3 Å². The van der Waals surface area contributed by atoms with E-state index in [1.165, 1.54) is 0 Å². The van der Waals surface area contributed by atoms with Crippen LogP contribution in [0.25, 0.3) is 21.9 Å². The molecule has 0 radical (unpaired) electrons. The summed E-state index contributed by atoms with van der Waals surface area (Å²) in [6.07, 6.45) is 3.34. The van der Waals surface area contributed by atoms with Gasteiger partial charge in [-0.05, 0) is 18.2 Å². The Balaban J connectivity index is 1.44. The van der Waals surface area contributed by atoms with Crippen molar-refractivity contribution in [2.75, 3.05) is 11.9 Å². The first-order valence-electron chi connectivity index (χ1n) is 7.60. The predicted octanol–water partition coefficient (Wildman–Crippen LogP) is 3.00. The molecule has 0 spiro atoms. The van der Waals surface area contributed by atoms with Gasteiger partial charge in [-0.15, -0.1) is 5.10 Å². The van der Waals surface area contributed by atoms with Crippen molar-refractivity contribution in [1.29, 1.82) is 0 Å². The second kappa shape index (κ2) is 6.04. The van der Waals surface area contributed by atoms with Crippen molar-refractivity contribution in [3.05, 3.63) is 54.9 Å². The van der Waals surface area contributed by atoms with E-state index in [9.17, 15) is 4.79 Å². The summed E-state index contributed by atoms with van der Waals surface area (Å²) >= 11 is 0. The van der Waals surface area contributed by atoms with Gasteiger partial charge in [0, 0.05) is 35.3 Å². The maximum atomic E-state index is 12.0. The molecular formula is C17H15N5O2. The fourth-order valence-corrected chi connectivity index (χ4v) is 2.61. The summed E-state index contributed by atoms with van der Waals surface area (Å²) in [6, 6.07) is 13.2. The van der Waals surface area contributed by atoms with Crippen LogP contribution in [-0.4, -0.2) is 27.6 Å². The minimum absolute atomic E-state index is 0.273. The number of hydrogen-bond acceptors (Lipinski definition) is 4. The number of rotatable bonds is 4. The number of furan rings is 1. The molecule has 0 saturated carbocycles. The lowest BCUT2D eigenvalue weighted by Gasteiger charge is -2.07. The molecular weight excluding hydrogens is 306 g/mol. The first-order valence-corrected chi connectivity index (χ1v) is 7.60. The number of fused-ring (bicyclic) bond motifs is 3. The van der Waals surface area contributed by atoms with Crippen molar-refractivity contribution in [1.82, 2.24) is 20.3 Å². The van der Waals surface area contributed by atoms with Gasteiger partial charge in [-0.2, -0.15) is 0 Å². The van der Waals surface area contributed by atoms with Crippen LogP contribution in [0.2, 0.25) is 0 Å². The Hall–Kier alpha value is -3.35. The van der Waals surface area contributed by atoms with E-state index in [0.29, 0.717) is 18.8 Å². The Bertz CT molecular complexity index is 991. The van der Waals surface area contributed by atoms with Crippen LogP contribution in [0, 0.1) is 0 Å². The van der Waals surface area contributed by atoms with Crippen LogP contribution in [0.1, 0.15) is 0 Å². The minimum Gasteiger partial charge on any atom is -0.456 e. The molecule has 0 aliphatic heterocycles. The van der Waals surface area contributed by atoms with Gasteiger partial charge >= 0.3 is 6.03 Å². The van der Waals surface area contributed by atoms with Gasteiger partial charge in [0.05, 0.1) is 12.7 Å². The number of hydrogen-bond donors (Lipinski definition) is 2. The van der Waals surface area contributed by atoms with Crippen molar-refractivity contribution < 1.29 is 9.21 Å². The molecule has 4 rings (SSSR count). The number of urea groups is 1. The predicted molar refractivity (Wildman–Crippen MR) is 90.8 cm³/mol. The van der Waals surface area contributed by atoms with Gasteiger partial charge in [-0.25, -0.2) is 4.79 Å². The highest BCUT2D eigenvalue weighted by Crippen LogP contribution is 2.30. The molecule has 0 atom stereocenters. The van der Waals surface area contributed by atoms with Gasteiger partial charge in [-0.3, -0.25) is 4.68 Å². The first-order chi connectivity index (χ1) is 11.8. The molecule has 4 aromatic rings. The monoisotopic (exact) mass is 321 g/mol. The number of amides is 2. The maximum absolute atomic E-state index is 12.0. The standard InChI is InChI=1S/C17H15N5O2/c23-17(18-7-9-22-10-8-19-21-22)20-12-5-6-14-13-3-1-2-4-15(13)24-16(14)11-12/h1-6,8,10-11H,7,9H2,(H2,18,20,23). The molecule has 7 heteroatoms. The van der Waals surface area contributed by atoms with E-state index in [-0.39, 0.29) is 6.03 Å². The van der Waals surface area contributed by atoms with Gasteiger partial charge in [0.15, 0.2) is 0 Å². The Morgan fingerprint density at radius 3 is 2.88 bits per heavy atom. The number of nitrogens with zero attached hydrogens (tertiary/aromatic N) is 3. The Labute approximate surface area is 137 Å². The lowest BCUT2D eigenvalue weighted by Crippen LogP contribution is -2.31. The molecule has 2 amide bonds. The molecule has 2 N–H and O–H groups in total. The largest absolute Gasteiger partial charge is 0.456 e. The van der Waals surface area contributed by atoms with E-state index < -0.39 is 0 Å². The summed E-state index contributed by atoms with van der Waals surface area (Å²) in [5.41, 5.74) is 2.26. The van der Waals surface area contributed by atoms with Crippen molar-refractivity contribution >= 4 is 33.7 Å². The molecule has 0 fully saturated rings. The highest BCUT2D eigenvalue weighted by Gasteiger charge is 2.08. The lowest BCUT2D eigenvalue weighted by molar-refractivity contribution is 0.251. The molecule has 120 valence electrons. The Morgan fingerprint density at radius 2 is 2.00 bits per heavy atom. The summed E-state index contributed by atoms with van der Waals surface area (Å²) in [4.78, 5) is 12.0. The van der Waals surface area contributed by atoms with E-state index in [4.69, 9.17) is 4.42 Å². The number of benzene rings is 2. The third-order valence-corrected chi connectivity index (χ3v) is 3.74. The Morgan fingerprint density at radius 1 is 1.12 bits per heavy atom. The quantitative estimate of drug-likeness (QED) is 0.605. The summed E-state index contributed by atoms with van der Waals surface area (Å²) in [5.74, 6) is 0.